The molecule has 0 bridgehead atoms. The Hall–Kier alpha value is -0.610. The Balaban J connectivity index is 3.38. The van der Waals surface area contributed by atoms with E-state index in [0.717, 1.165) is 19.3 Å². The number of aliphatic hydroxyl groups is 1. The van der Waals surface area contributed by atoms with Gasteiger partial charge in [0.05, 0.1) is 13.2 Å². The Morgan fingerprint density at radius 3 is 1.31 bits per heavy atom. The van der Waals surface area contributed by atoms with Gasteiger partial charge in [-0.2, -0.15) is 0 Å². The van der Waals surface area contributed by atoms with Crippen LogP contribution in [0.5, 0.6) is 0 Å². The normalized spacial score (nSPS) is 12.2. The summed E-state index contributed by atoms with van der Waals surface area (Å²) in [6.45, 7) is 5.35. The van der Waals surface area contributed by atoms with Crippen molar-refractivity contribution in [2.75, 3.05) is 19.8 Å². The van der Waals surface area contributed by atoms with Gasteiger partial charge >= 0.3 is 5.97 Å². The van der Waals surface area contributed by atoms with E-state index in [4.69, 9.17) is 9.47 Å². The molecule has 4 nitrogen and oxygen atoms in total. The summed E-state index contributed by atoms with van der Waals surface area (Å²) < 4.78 is 11.0. The molecular weight excluding hydrogens is 448 g/mol. The van der Waals surface area contributed by atoms with Gasteiger partial charge in [-0.3, -0.25) is 4.79 Å². The Kier molecular flexibility index (Phi) is 30.1. The average molecular weight is 513 g/mol. The van der Waals surface area contributed by atoms with Crippen molar-refractivity contribution in [2.24, 2.45) is 0 Å². The monoisotopic (exact) mass is 512 g/mol. The molecule has 1 atom stereocenters. The summed E-state index contributed by atoms with van der Waals surface area (Å²) in [5, 5.41) is 9.48. The quantitative estimate of drug-likeness (QED) is 0.0768. The molecule has 0 saturated carbocycles. The first kappa shape index (κ1) is 35.4. The van der Waals surface area contributed by atoms with Crippen LogP contribution in [0.1, 0.15) is 174 Å². The van der Waals surface area contributed by atoms with Gasteiger partial charge in [0.1, 0.15) is 6.10 Å². The minimum absolute atomic E-state index is 0.164. The maximum Gasteiger partial charge on any atom is 0.306 e. The highest BCUT2D eigenvalue weighted by Gasteiger charge is 2.13. The van der Waals surface area contributed by atoms with Crippen LogP contribution in [0.3, 0.4) is 0 Å². The minimum Gasteiger partial charge on any atom is -0.457 e. The fraction of sp³-hybridized carbons (Fsp3) is 0.969. The maximum atomic E-state index is 12.0. The van der Waals surface area contributed by atoms with E-state index in [2.05, 4.69) is 13.8 Å². The molecule has 0 spiro atoms. The molecule has 0 amide bonds. The maximum absolute atomic E-state index is 12.0. The molecule has 1 unspecified atom stereocenters. The molecule has 0 heterocycles. The number of unbranched alkanes of at least 4 members (excludes halogenated alkanes) is 22. The largest absolute Gasteiger partial charge is 0.457 e. The molecule has 0 aromatic rings. The molecular formula is C32H64O4. The number of rotatable bonds is 30. The van der Waals surface area contributed by atoms with Crippen LogP contribution in [-0.2, 0) is 14.3 Å². The van der Waals surface area contributed by atoms with Crippen molar-refractivity contribution in [3.05, 3.63) is 0 Å². The Morgan fingerprint density at radius 2 is 0.917 bits per heavy atom. The van der Waals surface area contributed by atoms with Crippen LogP contribution in [0.15, 0.2) is 0 Å². The van der Waals surface area contributed by atoms with Gasteiger partial charge in [0.2, 0.25) is 0 Å². The summed E-state index contributed by atoms with van der Waals surface area (Å²) in [5.41, 5.74) is 0. The molecule has 0 rings (SSSR count). The van der Waals surface area contributed by atoms with Crippen molar-refractivity contribution >= 4 is 5.97 Å². The number of esters is 1. The number of hydrogen-bond acceptors (Lipinski definition) is 4. The predicted molar refractivity (Wildman–Crippen MR) is 155 cm³/mol. The molecule has 0 aliphatic rings. The van der Waals surface area contributed by atoms with Crippen molar-refractivity contribution in [1.82, 2.24) is 0 Å². The second-order valence-electron chi connectivity index (χ2n) is 10.9. The van der Waals surface area contributed by atoms with Crippen LogP contribution < -0.4 is 0 Å². The molecule has 0 aliphatic carbocycles. The van der Waals surface area contributed by atoms with E-state index in [1.165, 1.54) is 135 Å². The van der Waals surface area contributed by atoms with Gasteiger partial charge in [-0.25, -0.2) is 0 Å². The van der Waals surface area contributed by atoms with E-state index < -0.39 is 6.10 Å². The number of aliphatic hydroxyl groups excluding tert-OH is 1. The van der Waals surface area contributed by atoms with E-state index in [-0.39, 0.29) is 12.6 Å². The van der Waals surface area contributed by atoms with Gasteiger partial charge in [0, 0.05) is 13.0 Å². The second-order valence-corrected chi connectivity index (χ2v) is 10.9. The van der Waals surface area contributed by atoms with Gasteiger partial charge in [-0.05, 0) is 12.8 Å². The van der Waals surface area contributed by atoms with E-state index in [1.807, 2.05) is 0 Å². The summed E-state index contributed by atoms with van der Waals surface area (Å²) in [7, 11) is 0. The summed E-state index contributed by atoms with van der Waals surface area (Å²) in [5.74, 6) is -0.201. The van der Waals surface area contributed by atoms with Crippen molar-refractivity contribution < 1.29 is 19.4 Å². The highest BCUT2D eigenvalue weighted by molar-refractivity contribution is 5.69. The van der Waals surface area contributed by atoms with E-state index in [1.54, 1.807) is 0 Å². The molecule has 0 radical (unpaired) electrons. The molecule has 0 saturated heterocycles. The van der Waals surface area contributed by atoms with Gasteiger partial charge in [0.15, 0.2) is 0 Å². The first-order valence-electron chi connectivity index (χ1n) is 16.1. The summed E-state index contributed by atoms with van der Waals surface area (Å²) in [6, 6.07) is 0. The summed E-state index contributed by atoms with van der Waals surface area (Å²) in [6.07, 6.45) is 31.3. The first-order valence-corrected chi connectivity index (χ1v) is 16.1. The SMILES string of the molecule is CCCCCCCCCCCCCCCCCOCC(CO)OC(=O)CCCCCCCCCCC. The topological polar surface area (TPSA) is 55.8 Å². The zero-order valence-electron chi connectivity index (χ0n) is 24.5. The van der Waals surface area contributed by atoms with Gasteiger partial charge < -0.3 is 14.6 Å². The Bertz CT molecular complexity index is 426. The predicted octanol–water partition coefficient (Wildman–Crippen LogP) is 9.70. The van der Waals surface area contributed by atoms with Crippen LogP contribution in [0.2, 0.25) is 0 Å². The smallest absolute Gasteiger partial charge is 0.306 e. The van der Waals surface area contributed by atoms with Crippen LogP contribution in [0.4, 0.5) is 0 Å². The van der Waals surface area contributed by atoms with Crippen LogP contribution in [0, 0.1) is 0 Å². The first-order chi connectivity index (χ1) is 17.7. The highest BCUT2D eigenvalue weighted by atomic mass is 16.6. The third-order valence-corrected chi connectivity index (χ3v) is 7.18. The lowest BCUT2D eigenvalue weighted by Crippen LogP contribution is -2.27. The third-order valence-electron chi connectivity index (χ3n) is 7.18. The van der Waals surface area contributed by atoms with Crippen LogP contribution in [-0.4, -0.2) is 37.0 Å². The zero-order valence-corrected chi connectivity index (χ0v) is 24.5. The van der Waals surface area contributed by atoms with Crippen LogP contribution in [0.25, 0.3) is 0 Å². The zero-order chi connectivity index (χ0) is 26.4. The van der Waals surface area contributed by atoms with Crippen molar-refractivity contribution in [3.8, 4) is 0 Å². The summed E-state index contributed by atoms with van der Waals surface area (Å²) in [4.78, 5) is 12.0. The number of carbonyl (C=O) groups excluding carboxylic acids is 1. The standard InChI is InChI=1S/C32H64O4/c1-3-5-7-9-11-13-14-15-16-17-18-20-22-24-26-28-35-30-31(29-33)36-32(34)27-25-23-21-19-12-10-8-6-4-2/h31,33H,3-30H2,1-2H3. The van der Waals surface area contributed by atoms with E-state index in [0.29, 0.717) is 19.6 Å². The number of hydrogen-bond donors (Lipinski definition) is 1. The highest BCUT2D eigenvalue weighted by Crippen LogP contribution is 2.14. The third kappa shape index (κ3) is 28.0. The lowest BCUT2D eigenvalue weighted by Gasteiger charge is -2.16. The summed E-state index contributed by atoms with van der Waals surface area (Å²) >= 11 is 0. The molecule has 0 fully saturated rings. The van der Waals surface area contributed by atoms with Crippen molar-refractivity contribution in [3.63, 3.8) is 0 Å². The fourth-order valence-corrected chi connectivity index (χ4v) is 4.74. The number of ether oxygens (including phenoxy) is 2. The lowest BCUT2D eigenvalue weighted by atomic mass is 10.0. The second kappa shape index (κ2) is 30.6. The molecule has 216 valence electrons. The van der Waals surface area contributed by atoms with E-state index >= 15 is 0 Å². The molecule has 0 aromatic heterocycles. The van der Waals surface area contributed by atoms with E-state index in [9.17, 15) is 9.90 Å². The fourth-order valence-electron chi connectivity index (χ4n) is 4.74. The minimum atomic E-state index is -0.521. The average Bonchev–Trinajstić information content (AvgIpc) is 2.88. The molecule has 36 heavy (non-hydrogen) atoms. The molecule has 0 aromatic carbocycles. The van der Waals surface area contributed by atoms with Crippen molar-refractivity contribution in [1.29, 1.82) is 0 Å². The molecule has 4 heteroatoms. The number of carbonyl (C=O) groups is 1. The lowest BCUT2D eigenvalue weighted by molar-refractivity contribution is -0.154. The van der Waals surface area contributed by atoms with Gasteiger partial charge in [-0.15, -0.1) is 0 Å². The Morgan fingerprint density at radius 1 is 0.556 bits per heavy atom. The van der Waals surface area contributed by atoms with Crippen LogP contribution >= 0.6 is 0 Å². The molecule has 1 N–H and O–H groups in total. The van der Waals surface area contributed by atoms with Gasteiger partial charge in [0.25, 0.3) is 0 Å². The van der Waals surface area contributed by atoms with Gasteiger partial charge in [-0.1, -0.05) is 155 Å². The Labute approximate surface area is 225 Å². The molecule has 0 aliphatic heterocycles. The van der Waals surface area contributed by atoms with Crippen molar-refractivity contribution in [2.45, 2.75) is 180 Å².